The first-order valence-corrected chi connectivity index (χ1v) is 7.06. The summed E-state index contributed by atoms with van der Waals surface area (Å²) in [7, 11) is 0. The maximum absolute atomic E-state index is 12.4. The largest absolute Gasteiger partial charge is 0.335 e. The molecule has 3 rings (SSSR count). The van der Waals surface area contributed by atoms with Gasteiger partial charge in [0.25, 0.3) is 0 Å². The Morgan fingerprint density at radius 3 is 3.11 bits per heavy atom. The second-order valence-corrected chi connectivity index (χ2v) is 5.57. The first kappa shape index (κ1) is 11.9. The number of aryl methyl sites for hydroxylation is 1. The normalized spacial score (nSPS) is 29.9. The van der Waals surface area contributed by atoms with E-state index in [1.54, 1.807) is 6.20 Å². The second kappa shape index (κ2) is 4.84. The molecule has 0 radical (unpaired) electrons. The third kappa shape index (κ3) is 2.09. The van der Waals surface area contributed by atoms with E-state index in [2.05, 4.69) is 21.8 Å². The van der Waals surface area contributed by atoms with Gasteiger partial charge in [-0.3, -0.25) is 4.79 Å². The number of rotatable bonds is 5. The molecule has 4 heteroatoms. The van der Waals surface area contributed by atoms with E-state index in [1.165, 1.54) is 12.8 Å². The molecule has 0 amide bonds. The van der Waals surface area contributed by atoms with Crippen LogP contribution in [0.5, 0.6) is 0 Å². The molecule has 2 aliphatic rings. The Morgan fingerprint density at radius 2 is 2.44 bits per heavy atom. The van der Waals surface area contributed by atoms with Crippen LogP contribution >= 0.6 is 0 Å². The number of imidazole rings is 1. The highest BCUT2D eigenvalue weighted by atomic mass is 16.1. The summed E-state index contributed by atoms with van der Waals surface area (Å²) >= 11 is 0. The standard InChI is InChI=1S/C14H21N3O/c1-2-6-17-7-5-15-14(17)9-13(18)11-8-10-3-4-12(11)16-10/h5,7,10-12,16H,2-4,6,8-9H2,1H3. The van der Waals surface area contributed by atoms with Crippen LogP contribution in [0.4, 0.5) is 0 Å². The van der Waals surface area contributed by atoms with Gasteiger partial charge in [0.1, 0.15) is 11.6 Å². The number of nitrogens with one attached hydrogen (secondary N) is 1. The van der Waals surface area contributed by atoms with E-state index in [9.17, 15) is 4.79 Å². The van der Waals surface area contributed by atoms with Crippen molar-refractivity contribution in [2.45, 2.75) is 57.7 Å². The molecule has 2 bridgehead atoms. The molecule has 1 aromatic rings. The van der Waals surface area contributed by atoms with Crippen molar-refractivity contribution in [1.29, 1.82) is 0 Å². The van der Waals surface area contributed by atoms with Crippen molar-refractivity contribution in [1.82, 2.24) is 14.9 Å². The highest BCUT2D eigenvalue weighted by molar-refractivity contribution is 5.84. The molecule has 2 fully saturated rings. The van der Waals surface area contributed by atoms with E-state index in [0.29, 0.717) is 24.3 Å². The van der Waals surface area contributed by atoms with E-state index in [0.717, 1.165) is 25.2 Å². The number of carbonyl (C=O) groups is 1. The summed E-state index contributed by atoms with van der Waals surface area (Å²) in [6, 6.07) is 1.04. The minimum atomic E-state index is 0.232. The zero-order valence-corrected chi connectivity index (χ0v) is 10.9. The van der Waals surface area contributed by atoms with Crippen LogP contribution in [-0.2, 0) is 17.8 Å². The Morgan fingerprint density at radius 1 is 1.56 bits per heavy atom. The van der Waals surface area contributed by atoms with Crippen LogP contribution in [-0.4, -0.2) is 27.4 Å². The van der Waals surface area contributed by atoms with E-state index in [4.69, 9.17) is 0 Å². The van der Waals surface area contributed by atoms with Gasteiger partial charge in [0.2, 0.25) is 0 Å². The molecule has 2 aliphatic heterocycles. The van der Waals surface area contributed by atoms with Crippen molar-refractivity contribution >= 4 is 5.78 Å². The molecular weight excluding hydrogens is 226 g/mol. The first-order valence-electron chi connectivity index (χ1n) is 7.06. The molecule has 18 heavy (non-hydrogen) atoms. The Hall–Kier alpha value is -1.16. The molecule has 4 nitrogen and oxygen atoms in total. The van der Waals surface area contributed by atoms with Gasteiger partial charge < -0.3 is 9.88 Å². The van der Waals surface area contributed by atoms with Crippen LogP contribution < -0.4 is 5.32 Å². The summed E-state index contributed by atoms with van der Waals surface area (Å²) in [5, 5.41) is 3.53. The molecular formula is C14H21N3O. The third-order valence-corrected chi connectivity index (χ3v) is 4.31. The molecule has 1 N–H and O–H groups in total. The van der Waals surface area contributed by atoms with Crippen LogP contribution in [0.1, 0.15) is 38.4 Å². The highest BCUT2D eigenvalue weighted by Gasteiger charge is 2.42. The van der Waals surface area contributed by atoms with Gasteiger partial charge >= 0.3 is 0 Å². The van der Waals surface area contributed by atoms with Gasteiger partial charge in [0.15, 0.2) is 0 Å². The summed E-state index contributed by atoms with van der Waals surface area (Å²) in [6.07, 6.45) is 8.82. The predicted molar refractivity (Wildman–Crippen MR) is 69.3 cm³/mol. The van der Waals surface area contributed by atoms with Crippen LogP contribution in [0.25, 0.3) is 0 Å². The molecule has 0 saturated carbocycles. The van der Waals surface area contributed by atoms with E-state index in [1.807, 2.05) is 6.20 Å². The summed E-state index contributed by atoms with van der Waals surface area (Å²) in [5.41, 5.74) is 0. The van der Waals surface area contributed by atoms with Gasteiger partial charge in [0.05, 0.1) is 6.42 Å². The number of hydrogen-bond acceptors (Lipinski definition) is 3. The molecule has 98 valence electrons. The van der Waals surface area contributed by atoms with Crippen molar-refractivity contribution in [3.8, 4) is 0 Å². The summed E-state index contributed by atoms with van der Waals surface area (Å²) in [5.74, 6) is 1.54. The third-order valence-electron chi connectivity index (χ3n) is 4.31. The monoisotopic (exact) mass is 247 g/mol. The Labute approximate surface area is 108 Å². The molecule has 0 spiro atoms. The van der Waals surface area contributed by atoms with Crippen molar-refractivity contribution in [2.24, 2.45) is 5.92 Å². The number of Topliss-reactive ketones (excluding diaryl/α,β-unsaturated/α-hetero) is 1. The maximum Gasteiger partial charge on any atom is 0.145 e. The Balaban J connectivity index is 1.65. The minimum Gasteiger partial charge on any atom is -0.335 e. The fourth-order valence-electron chi connectivity index (χ4n) is 3.42. The zero-order chi connectivity index (χ0) is 12.5. The maximum atomic E-state index is 12.4. The van der Waals surface area contributed by atoms with Gasteiger partial charge in [-0.15, -0.1) is 0 Å². The predicted octanol–water partition coefficient (Wildman–Crippen LogP) is 1.55. The molecule has 1 aromatic heterocycles. The summed E-state index contributed by atoms with van der Waals surface area (Å²) < 4.78 is 2.11. The fraction of sp³-hybridized carbons (Fsp3) is 0.714. The zero-order valence-electron chi connectivity index (χ0n) is 10.9. The molecule has 0 aliphatic carbocycles. The lowest BCUT2D eigenvalue weighted by atomic mass is 9.85. The average molecular weight is 247 g/mol. The van der Waals surface area contributed by atoms with Crippen molar-refractivity contribution in [3.05, 3.63) is 18.2 Å². The van der Waals surface area contributed by atoms with Crippen molar-refractivity contribution < 1.29 is 4.79 Å². The summed E-state index contributed by atoms with van der Waals surface area (Å²) in [6.45, 7) is 3.10. The topological polar surface area (TPSA) is 46.9 Å². The number of carbonyl (C=O) groups excluding carboxylic acids is 1. The number of ketones is 1. The Kier molecular flexibility index (Phi) is 3.20. The Bertz CT molecular complexity index is 440. The first-order chi connectivity index (χ1) is 8.78. The fourth-order valence-corrected chi connectivity index (χ4v) is 3.42. The lowest BCUT2D eigenvalue weighted by Gasteiger charge is -2.18. The molecule has 2 saturated heterocycles. The van der Waals surface area contributed by atoms with Crippen molar-refractivity contribution in [2.75, 3.05) is 0 Å². The minimum absolute atomic E-state index is 0.232. The van der Waals surface area contributed by atoms with Gasteiger partial charge in [-0.05, 0) is 25.7 Å². The summed E-state index contributed by atoms with van der Waals surface area (Å²) in [4.78, 5) is 16.7. The smallest absolute Gasteiger partial charge is 0.145 e. The van der Waals surface area contributed by atoms with Gasteiger partial charge in [-0.1, -0.05) is 6.92 Å². The number of fused-ring (bicyclic) bond motifs is 2. The quantitative estimate of drug-likeness (QED) is 0.858. The van der Waals surface area contributed by atoms with Crippen molar-refractivity contribution in [3.63, 3.8) is 0 Å². The number of aromatic nitrogens is 2. The van der Waals surface area contributed by atoms with Gasteiger partial charge in [0, 0.05) is 36.9 Å². The average Bonchev–Trinajstić information content (AvgIpc) is 3.06. The lowest BCUT2D eigenvalue weighted by molar-refractivity contribution is -0.122. The number of nitrogens with zero attached hydrogens (tertiary/aromatic N) is 2. The van der Waals surface area contributed by atoms with Crippen LogP contribution in [0.2, 0.25) is 0 Å². The molecule has 3 unspecified atom stereocenters. The van der Waals surface area contributed by atoms with Gasteiger partial charge in [-0.2, -0.15) is 0 Å². The number of hydrogen-bond donors (Lipinski definition) is 1. The highest BCUT2D eigenvalue weighted by Crippen LogP contribution is 2.34. The second-order valence-electron chi connectivity index (χ2n) is 5.57. The van der Waals surface area contributed by atoms with E-state index < -0.39 is 0 Å². The molecule has 3 atom stereocenters. The SMILES string of the molecule is CCCn1ccnc1CC(=O)C1CC2CCC1N2. The van der Waals surface area contributed by atoms with E-state index >= 15 is 0 Å². The van der Waals surface area contributed by atoms with Gasteiger partial charge in [-0.25, -0.2) is 4.98 Å². The van der Waals surface area contributed by atoms with Crippen LogP contribution in [0.3, 0.4) is 0 Å². The lowest BCUT2D eigenvalue weighted by Crippen LogP contribution is -2.30. The van der Waals surface area contributed by atoms with Crippen LogP contribution in [0, 0.1) is 5.92 Å². The molecule has 3 heterocycles. The van der Waals surface area contributed by atoms with E-state index in [-0.39, 0.29) is 5.92 Å². The van der Waals surface area contributed by atoms with Crippen LogP contribution in [0.15, 0.2) is 12.4 Å². The molecule has 0 aromatic carbocycles.